The Balaban J connectivity index is 1.95. The van der Waals surface area contributed by atoms with E-state index < -0.39 is 17.7 Å². The van der Waals surface area contributed by atoms with Crippen molar-refractivity contribution in [1.82, 2.24) is 0 Å². The van der Waals surface area contributed by atoms with Gasteiger partial charge in [0.15, 0.2) is 0 Å². The van der Waals surface area contributed by atoms with Gasteiger partial charge < -0.3 is 14.6 Å². The predicted molar refractivity (Wildman–Crippen MR) is 136 cm³/mol. The third-order valence-corrected chi connectivity index (χ3v) is 6.02. The van der Waals surface area contributed by atoms with E-state index in [1.54, 1.807) is 42.5 Å². The van der Waals surface area contributed by atoms with Crippen molar-refractivity contribution in [3.8, 4) is 17.6 Å². The molecule has 1 saturated heterocycles. The largest absolute Gasteiger partial charge is 0.507 e. The van der Waals surface area contributed by atoms with E-state index in [0.29, 0.717) is 41.5 Å². The van der Waals surface area contributed by atoms with Crippen molar-refractivity contribution in [2.75, 3.05) is 18.1 Å². The molecular weight excluding hydrogens is 456 g/mol. The molecule has 0 radical (unpaired) electrons. The van der Waals surface area contributed by atoms with Crippen molar-refractivity contribution in [3.63, 3.8) is 0 Å². The normalized spacial score (nSPS) is 16.6. The van der Waals surface area contributed by atoms with Gasteiger partial charge in [0.1, 0.15) is 17.3 Å². The number of anilines is 1. The summed E-state index contributed by atoms with van der Waals surface area (Å²) in [4.78, 5) is 28.2. The molecule has 1 atom stereocenters. The smallest absolute Gasteiger partial charge is 0.300 e. The van der Waals surface area contributed by atoms with Crippen LogP contribution in [0, 0.1) is 18.3 Å². The van der Waals surface area contributed by atoms with Crippen molar-refractivity contribution < 1.29 is 24.2 Å². The van der Waals surface area contributed by atoms with Crippen LogP contribution in [0.15, 0.2) is 72.3 Å². The highest BCUT2D eigenvalue weighted by Crippen LogP contribution is 2.44. The number of nitrogens with zero attached hydrogens (tertiary/aromatic N) is 2. The lowest BCUT2D eigenvalue weighted by molar-refractivity contribution is -0.132. The first kappa shape index (κ1) is 24.6. The molecule has 0 aliphatic carbocycles. The van der Waals surface area contributed by atoms with Gasteiger partial charge in [0, 0.05) is 11.8 Å². The number of ether oxygens (including phenoxy) is 2. The van der Waals surface area contributed by atoms with Crippen LogP contribution < -0.4 is 14.4 Å². The van der Waals surface area contributed by atoms with E-state index in [0.717, 1.165) is 5.56 Å². The fourth-order valence-electron chi connectivity index (χ4n) is 4.36. The van der Waals surface area contributed by atoms with E-state index in [-0.39, 0.29) is 16.9 Å². The van der Waals surface area contributed by atoms with Crippen LogP contribution in [0.1, 0.15) is 42.1 Å². The SMILES string of the molecule is CCOc1ccc(/C(O)=C2\C(=O)C(=O)N(c3ccc(C#N)cc3)C2c2ccccc2C)c(OCC)c1. The van der Waals surface area contributed by atoms with E-state index in [2.05, 4.69) is 6.07 Å². The Morgan fingerprint density at radius 3 is 2.33 bits per heavy atom. The fraction of sp³-hybridized carbons (Fsp3) is 0.207. The molecule has 0 spiro atoms. The summed E-state index contributed by atoms with van der Waals surface area (Å²) in [6.07, 6.45) is 0. The van der Waals surface area contributed by atoms with Crippen LogP contribution in [0.2, 0.25) is 0 Å². The minimum absolute atomic E-state index is 0.0382. The summed E-state index contributed by atoms with van der Waals surface area (Å²) in [6, 6.07) is 20.0. The number of aliphatic hydroxyl groups is 1. The van der Waals surface area contributed by atoms with Crippen LogP contribution >= 0.6 is 0 Å². The molecule has 1 aliphatic heterocycles. The molecule has 1 N–H and O–H groups in total. The van der Waals surface area contributed by atoms with E-state index in [1.807, 2.05) is 45.0 Å². The molecule has 3 aromatic rings. The molecule has 1 aliphatic rings. The molecule has 7 nitrogen and oxygen atoms in total. The van der Waals surface area contributed by atoms with Gasteiger partial charge in [-0.05, 0) is 68.3 Å². The number of hydrogen-bond donors (Lipinski definition) is 1. The Kier molecular flexibility index (Phi) is 7.07. The molecule has 4 rings (SSSR count). The molecule has 7 heteroatoms. The number of Topliss-reactive ketones (excluding diaryl/α,β-unsaturated/α-hetero) is 1. The van der Waals surface area contributed by atoms with E-state index in [9.17, 15) is 20.0 Å². The number of aliphatic hydroxyl groups excluding tert-OH is 1. The van der Waals surface area contributed by atoms with Gasteiger partial charge in [-0.3, -0.25) is 14.5 Å². The van der Waals surface area contributed by atoms with E-state index in [4.69, 9.17) is 9.47 Å². The van der Waals surface area contributed by atoms with Gasteiger partial charge in [-0.15, -0.1) is 0 Å². The van der Waals surface area contributed by atoms with Gasteiger partial charge in [-0.1, -0.05) is 24.3 Å². The topological polar surface area (TPSA) is 99.9 Å². The summed E-state index contributed by atoms with van der Waals surface area (Å²) in [6.45, 7) is 6.35. The minimum Gasteiger partial charge on any atom is -0.507 e. The molecule has 1 fully saturated rings. The highest BCUT2D eigenvalue weighted by molar-refractivity contribution is 6.51. The average Bonchev–Trinajstić information content (AvgIpc) is 3.14. The molecule has 1 amide bonds. The minimum atomic E-state index is -0.875. The summed E-state index contributed by atoms with van der Waals surface area (Å²) in [7, 11) is 0. The second-order valence-electron chi connectivity index (χ2n) is 8.21. The Bertz CT molecular complexity index is 1390. The number of amides is 1. The molecule has 0 bridgehead atoms. The third-order valence-electron chi connectivity index (χ3n) is 6.02. The first-order valence-electron chi connectivity index (χ1n) is 11.7. The Morgan fingerprint density at radius 2 is 1.69 bits per heavy atom. The molecular formula is C29H26N2O5. The van der Waals surface area contributed by atoms with Crippen LogP contribution in [0.25, 0.3) is 5.76 Å². The van der Waals surface area contributed by atoms with Gasteiger partial charge in [-0.25, -0.2) is 0 Å². The standard InChI is InChI=1S/C29H26N2O5/c1-4-35-21-14-15-23(24(16-21)36-5-2)27(32)25-26(22-9-7-6-8-18(22)3)31(29(34)28(25)33)20-12-10-19(17-30)11-13-20/h6-16,26,32H,4-5H2,1-3H3/b27-25+. The van der Waals surface area contributed by atoms with Crippen LogP contribution in [0.4, 0.5) is 5.69 Å². The van der Waals surface area contributed by atoms with Gasteiger partial charge in [0.25, 0.3) is 11.7 Å². The van der Waals surface area contributed by atoms with Gasteiger partial charge in [0.05, 0.1) is 42.0 Å². The Morgan fingerprint density at radius 1 is 1.00 bits per heavy atom. The highest BCUT2D eigenvalue weighted by Gasteiger charge is 2.47. The molecule has 182 valence electrons. The Hall–Kier alpha value is -4.57. The molecule has 0 aromatic heterocycles. The molecule has 3 aromatic carbocycles. The number of aryl methyl sites for hydroxylation is 1. The number of carbonyl (C=O) groups is 2. The van der Waals surface area contributed by atoms with Crippen LogP contribution in [-0.4, -0.2) is 30.0 Å². The summed E-state index contributed by atoms with van der Waals surface area (Å²) in [5.74, 6) is -0.996. The molecule has 1 heterocycles. The van der Waals surface area contributed by atoms with Crippen molar-refractivity contribution in [2.24, 2.45) is 0 Å². The second-order valence-corrected chi connectivity index (χ2v) is 8.21. The number of carbonyl (C=O) groups excluding carboxylic acids is 2. The quantitative estimate of drug-likeness (QED) is 0.279. The zero-order valence-electron chi connectivity index (χ0n) is 20.3. The summed E-state index contributed by atoms with van der Waals surface area (Å²) < 4.78 is 11.3. The predicted octanol–water partition coefficient (Wildman–Crippen LogP) is 5.29. The lowest BCUT2D eigenvalue weighted by atomic mass is 9.92. The van der Waals surface area contributed by atoms with Gasteiger partial charge in [0.2, 0.25) is 0 Å². The van der Waals surface area contributed by atoms with E-state index in [1.165, 1.54) is 4.90 Å². The van der Waals surface area contributed by atoms with E-state index >= 15 is 0 Å². The number of ketones is 1. The first-order valence-corrected chi connectivity index (χ1v) is 11.7. The van der Waals surface area contributed by atoms with Crippen molar-refractivity contribution >= 4 is 23.1 Å². The third kappa shape index (κ3) is 4.41. The number of rotatable bonds is 7. The van der Waals surface area contributed by atoms with Crippen LogP contribution in [0.5, 0.6) is 11.5 Å². The summed E-state index contributed by atoms with van der Waals surface area (Å²) >= 11 is 0. The Labute approximate surface area is 209 Å². The lowest BCUT2D eigenvalue weighted by Gasteiger charge is -2.26. The monoisotopic (exact) mass is 482 g/mol. The molecule has 1 unspecified atom stereocenters. The van der Waals surface area contributed by atoms with Gasteiger partial charge in [-0.2, -0.15) is 5.26 Å². The van der Waals surface area contributed by atoms with Crippen molar-refractivity contribution in [3.05, 3.63) is 94.6 Å². The lowest BCUT2D eigenvalue weighted by Crippen LogP contribution is -2.29. The number of hydrogen-bond acceptors (Lipinski definition) is 6. The zero-order chi connectivity index (χ0) is 25.8. The maximum absolute atomic E-state index is 13.4. The summed E-state index contributed by atoms with van der Waals surface area (Å²) in [5, 5.41) is 20.7. The maximum atomic E-state index is 13.4. The average molecular weight is 483 g/mol. The van der Waals surface area contributed by atoms with Crippen molar-refractivity contribution in [1.29, 1.82) is 5.26 Å². The number of benzene rings is 3. The maximum Gasteiger partial charge on any atom is 0.300 e. The van der Waals surface area contributed by atoms with Crippen molar-refractivity contribution in [2.45, 2.75) is 26.8 Å². The highest BCUT2D eigenvalue weighted by atomic mass is 16.5. The molecule has 36 heavy (non-hydrogen) atoms. The fourth-order valence-corrected chi connectivity index (χ4v) is 4.36. The summed E-state index contributed by atoms with van der Waals surface area (Å²) in [5.41, 5.74) is 2.68. The van der Waals surface area contributed by atoms with Gasteiger partial charge >= 0.3 is 0 Å². The first-order chi connectivity index (χ1) is 17.4. The zero-order valence-corrected chi connectivity index (χ0v) is 20.3. The molecule has 0 saturated carbocycles. The van der Waals surface area contributed by atoms with Crippen LogP contribution in [0.3, 0.4) is 0 Å². The van der Waals surface area contributed by atoms with Crippen LogP contribution in [-0.2, 0) is 9.59 Å². The number of nitriles is 1. The second kappa shape index (κ2) is 10.4.